The highest BCUT2D eigenvalue weighted by atomic mass is 16.2. The van der Waals surface area contributed by atoms with E-state index in [4.69, 9.17) is 6.42 Å². The van der Waals surface area contributed by atoms with Crippen molar-refractivity contribution in [3.63, 3.8) is 0 Å². The van der Waals surface area contributed by atoms with Crippen LogP contribution < -0.4 is 5.32 Å². The summed E-state index contributed by atoms with van der Waals surface area (Å²) in [5.41, 5.74) is -1.00. The van der Waals surface area contributed by atoms with Crippen LogP contribution in [0.1, 0.15) is 32.6 Å². The number of barbiturate groups is 1. The number of carbonyl (C=O) groups excluding carboxylic acids is 3. The standard InChI is InChI=1S/C12H14N2O3/c1-3-5-8(4-2)14-10(16)12(6-7-12)9(15)13-11(14)17/h2,8H,3,5-7H2,1H3,(H,13,15,17). The van der Waals surface area contributed by atoms with Crippen LogP contribution in [0.5, 0.6) is 0 Å². The molecule has 1 spiro atoms. The zero-order valence-corrected chi connectivity index (χ0v) is 9.66. The van der Waals surface area contributed by atoms with Crippen molar-refractivity contribution in [2.75, 3.05) is 0 Å². The van der Waals surface area contributed by atoms with Gasteiger partial charge in [-0.15, -0.1) is 6.42 Å². The highest BCUT2D eigenvalue weighted by Crippen LogP contribution is 2.49. The second-order valence-electron chi connectivity index (χ2n) is 4.49. The summed E-state index contributed by atoms with van der Waals surface area (Å²) in [6.07, 6.45) is 7.68. The van der Waals surface area contributed by atoms with Crippen LogP contribution in [-0.2, 0) is 9.59 Å². The minimum Gasteiger partial charge on any atom is -0.277 e. The third-order valence-corrected chi connectivity index (χ3v) is 3.32. The molecule has 1 heterocycles. The van der Waals surface area contributed by atoms with Gasteiger partial charge in [-0.3, -0.25) is 14.9 Å². The largest absolute Gasteiger partial charge is 0.331 e. The van der Waals surface area contributed by atoms with Gasteiger partial charge in [-0.2, -0.15) is 0 Å². The van der Waals surface area contributed by atoms with Crippen molar-refractivity contribution >= 4 is 17.8 Å². The lowest BCUT2D eigenvalue weighted by atomic mass is 9.99. The molecule has 0 aromatic rings. The summed E-state index contributed by atoms with van der Waals surface area (Å²) < 4.78 is 0. The molecule has 1 saturated carbocycles. The Kier molecular flexibility index (Phi) is 2.66. The summed E-state index contributed by atoms with van der Waals surface area (Å²) in [4.78, 5) is 36.5. The Bertz CT molecular complexity index is 432. The molecule has 2 fully saturated rings. The SMILES string of the molecule is C#CC(CCC)N1C(=O)NC(=O)C2(CC2)C1=O. The molecule has 0 radical (unpaired) electrons. The van der Waals surface area contributed by atoms with Crippen molar-refractivity contribution in [3.8, 4) is 12.3 Å². The Morgan fingerprint density at radius 3 is 2.59 bits per heavy atom. The topological polar surface area (TPSA) is 66.5 Å². The number of imide groups is 2. The molecule has 4 amide bonds. The number of carbonyl (C=O) groups is 3. The first-order valence-electron chi connectivity index (χ1n) is 5.72. The van der Waals surface area contributed by atoms with E-state index < -0.39 is 29.3 Å². The monoisotopic (exact) mass is 234 g/mol. The zero-order chi connectivity index (χ0) is 12.6. The number of hydrogen-bond acceptors (Lipinski definition) is 3. The van der Waals surface area contributed by atoms with Gasteiger partial charge in [-0.25, -0.2) is 9.69 Å². The molecule has 2 aliphatic rings. The molecule has 90 valence electrons. The summed E-state index contributed by atoms with van der Waals surface area (Å²) >= 11 is 0. The van der Waals surface area contributed by atoms with E-state index in [0.717, 1.165) is 11.3 Å². The summed E-state index contributed by atoms with van der Waals surface area (Å²) in [5, 5.41) is 2.22. The summed E-state index contributed by atoms with van der Waals surface area (Å²) in [7, 11) is 0. The van der Waals surface area contributed by atoms with Crippen LogP contribution in [0.15, 0.2) is 0 Å². The highest BCUT2D eigenvalue weighted by Gasteiger charge is 2.62. The predicted molar refractivity (Wildman–Crippen MR) is 59.6 cm³/mol. The molecule has 1 N–H and O–H groups in total. The number of nitrogens with zero attached hydrogens (tertiary/aromatic N) is 1. The molecule has 5 heteroatoms. The number of amides is 4. The zero-order valence-electron chi connectivity index (χ0n) is 9.66. The molecular formula is C12H14N2O3. The lowest BCUT2D eigenvalue weighted by molar-refractivity contribution is -0.145. The molecule has 0 aromatic heterocycles. The van der Waals surface area contributed by atoms with Crippen LogP contribution in [-0.4, -0.2) is 28.8 Å². The summed E-state index contributed by atoms with van der Waals surface area (Å²) in [6, 6.07) is -1.24. The van der Waals surface area contributed by atoms with E-state index in [-0.39, 0.29) is 0 Å². The van der Waals surface area contributed by atoms with Gasteiger partial charge in [0.05, 0.1) is 0 Å². The quantitative estimate of drug-likeness (QED) is 0.576. The molecule has 1 aliphatic heterocycles. The Labute approximate surface area is 99.5 Å². The number of nitrogens with one attached hydrogen (secondary N) is 1. The van der Waals surface area contributed by atoms with E-state index in [2.05, 4.69) is 11.2 Å². The van der Waals surface area contributed by atoms with Gasteiger partial charge in [0.2, 0.25) is 11.8 Å². The van der Waals surface area contributed by atoms with Crippen molar-refractivity contribution < 1.29 is 14.4 Å². The van der Waals surface area contributed by atoms with E-state index in [0.29, 0.717) is 19.3 Å². The third kappa shape index (κ3) is 1.60. The Hall–Kier alpha value is -1.83. The van der Waals surface area contributed by atoms with Gasteiger partial charge in [-0.05, 0) is 19.3 Å². The van der Waals surface area contributed by atoms with Gasteiger partial charge in [-0.1, -0.05) is 19.3 Å². The van der Waals surface area contributed by atoms with E-state index in [1.165, 1.54) is 0 Å². The van der Waals surface area contributed by atoms with E-state index in [9.17, 15) is 14.4 Å². The average molecular weight is 234 g/mol. The van der Waals surface area contributed by atoms with Crippen molar-refractivity contribution in [3.05, 3.63) is 0 Å². The second kappa shape index (κ2) is 3.88. The molecule has 5 nitrogen and oxygen atoms in total. The van der Waals surface area contributed by atoms with E-state index in [1.807, 2.05) is 6.92 Å². The van der Waals surface area contributed by atoms with Crippen molar-refractivity contribution in [2.24, 2.45) is 5.41 Å². The highest BCUT2D eigenvalue weighted by molar-refractivity contribution is 6.21. The first kappa shape index (κ1) is 11.6. The smallest absolute Gasteiger partial charge is 0.277 e. The molecule has 1 unspecified atom stereocenters. The van der Waals surface area contributed by atoms with Crippen LogP contribution in [0.2, 0.25) is 0 Å². The minimum atomic E-state index is -1.00. The molecule has 0 aromatic carbocycles. The van der Waals surface area contributed by atoms with Gasteiger partial charge in [0.1, 0.15) is 11.5 Å². The van der Waals surface area contributed by atoms with Crippen LogP contribution in [0.3, 0.4) is 0 Å². The van der Waals surface area contributed by atoms with Crippen molar-refractivity contribution in [2.45, 2.75) is 38.6 Å². The van der Waals surface area contributed by atoms with Crippen LogP contribution in [0.4, 0.5) is 4.79 Å². The number of rotatable bonds is 3. The fourth-order valence-electron chi connectivity index (χ4n) is 2.11. The second-order valence-corrected chi connectivity index (χ2v) is 4.49. The Balaban J connectivity index is 2.27. The fourth-order valence-corrected chi connectivity index (χ4v) is 2.11. The maximum absolute atomic E-state index is 12.2. The molecule has 1 atom stereocenters. The minimum absolute atomic E-state index is 0.428. The number of urea groups is 1. The maximum Gasteiger partial charge on any atom is 0.331 e. The molecule has 17 heavy (non-hydrogen) atoms. The Morgan fingerprint density at radius 2 is 2.12 bits per heavy atom. The predicted octanol–water partition coefficient (Wildman–Crippen LogP) is 0.647. The van der Waals surface area contributed by atoms with Crippen LogP contribution >= 0.6 is 0 Å². The van der Waals surface area contributed by atoms with Crippen molar-refractivity contribution in [1.82, 2.24) is 10.2 Å². The first-order chi connectivity index (χ1) is 8.06. The number of terminal acetylenes is 1. The van der Waals surface area contributed by atoms with Gasteiger partial charge >= 0.3 is 6.03 Å². The Morgan fingerprint density at radius 1 is 1.47 bits per heavy atom. The maximum atomic E-state index is 12.2. The van der Waals surface area contributed by atoms with Gasteiger partial charge in [0.15, 0.2) is 0 Å². The lowest BCUT2D eigenvalue weighted by Gasteiger charge is -2.33. The van der Waals surface area contributed by atoms with Crippen LogP contribution in [0, 0.1) is 17.8 Å². The average Bonchev–Trinajstić information content (AvgIpc) is 3.07. The molecular weight excluding hydrogens is 220 g/mol. The van der Waals surface area contributed by atoms with Gasteiger partial charge < -0.3 is 0 Å². The first-order valence-corrected chi connectivity index (χ1v) is 5.72. The summed E-state index contributed by atoms with van der Waals surface area (Å²) in [6.45, 7) is 1.93. The normalized spacial score (nSPS) is 23.3. The molecule has 1 aliphatic carbocycles. The fraction of sp³-hybridized carbons (Fsp3) is 0.583. The molecule has 1 saturated heterocycles. The van der Waals surface area contributed by atoms with E-state index >= 15 is 0 Å². The van der Waals surface area contributed by atoms with Crippen molar-refractivity contribution in [1.29, 1.82) is 0 Å². The number of hydrogen-bond donors (Lipinski definition) is 1. The molecule has 0 bridgehead atoms. The van der Waals surface area contributed by atoms with Crippen LogP contribution in [0.25, 0.3) is 0 Å². The third-order valence-electron chi connectivity index (χ3n) is 3.32. The molecule has 2 rings (SSSR count). The lowest BCUT2D eigenvalue weighted by Crippen LogP contribution is -2.61. The van der Waals surface area contributed by atoms with Gasteiger partial charge in [0, 0.05) is 0 Å². The van der Waals surface area contributed by atoms with E-state index in [1.54, 1.807) is 0 Å². The summed E-state index contributed by atoms with van der Waals surface area (Å²) in [5.74, 6) is 1.54. The van der Waals surface area contributed by atoms with Gasteiger partial charge in [0.25, 0.3) is 0 Å².